The lowest BCUT2D eigenvalue weighted by Gasteiger charge is -2.04. The van der Waals surface area contributed by atoms with E-state index in [1.54, 1.807) is 6.21 Å². The summed E-state index contributed by atoms with van der Waals surface area (Å²) in [6, 6.07) is 19.7. The van der Waals surface area contributed by atoms with Crippen LogP contribution in [0.5, 0.6) is 0 Å². The van der Waals surface area contributed by atoms with E-state index in [-0.39, 0.29) is 0 Å². The van der Waals surface area contributed by atoms with Crippen molar-refractivity contribution in [2.45, 2.75) is 13.5 Å². The third kappa shape index (κ3) is 4.43. The molecule has 0 N–H and O–H groups in total. The summed E-state index contributed by atoms with van der Waals surface area (Å²) >= 11 is 0. The van der Waals surface area contributed by atoms with Gasteiger partial charge in [0, 0.05) is 11.1 Å². The van der Waals surface area contributed by atoms with Gasteiger partial charge in [-0.1, -0.05) is 60.7 Å². The van der Waals surface area contributed by atoms with Gasteiger partial charge in [0.05, 0.1) is 0 Å². The summed E-state index contributed by atoms with van der Waals surface area (Å²) in [5.74, 6) is 0. The van der Waals surface area contributed by atoms with Crippen LogP contribution in [0.15, 0.2) is 66.2 Å². The Hall–Kier alpha value is -2.35. The monoisotopic (exact) mass is 251 g/mol. The molecule has 0 aromatic heterocycles. The fourth-order valence-corrected chi connectivity index (χ4v) is 1.89. The summed E-state index contributed by atoms with van der Waals surface area (Å²) in [7, 11) is 0. The van der Waals surface area contributed by atoms with Gasteiger partial charge in [-0.25, -0.2) is 4.74 Å². The van der Waals surface area contributed by atoms with Crippen molar-refractivity contribution >= 4 is 12.3 Å². The van der Waals surface area contributed by atoms with Gasteiger partial charge in [-0.3, -0.25) is 0 Å². The second kappa shape index (κ2) is 6.55. The van der Waals surface area contributed by atoms with E-state index in [4.69, 9.17) is 0 Å². The van der Waals surface area contributed by atoms with Gasteiger partial charge in [0.2, 0.25) is 0 Å². The van der Waals surface area contributed by atoms with Gasteiger partial charge < -0.3 is 5.21 Å². The van der Waals surface area contributed by atoms with Crippen LogP contribution in [0.1, 0.15) is 18.1 Å². The molecule has 0 spiro atoms. The van der Waals surface area contributed by atoms with Crippen LogP contribution in [0.2, 0.25) is 0 Å². The molecular formula is C17H17NO. The Labute approximate surface area is 113 Å². The van der Waals surface area contributed by atoms with E-state index in [9.17, 15) is 5.21 Å². The highest BCUT2D eigenvalue weighted by Gasteiger charge is 1.98. The van der Waals surface area contributed by atoms with Gasteiger partial charge in [0.1, 0.15) is 0 Å². The molecule has 0 bridgehead atoms. The summed E-state index contributed by atoms with van der Waals surface area (Å²) in [5, 5.41) is 11.8. The van der Waals surface area contributed by atoms with Crippen LogP contribution in [0.3, 0.4) is 0 Å². The fourth-order valence-electron chi connectivity index (χ4n) is 1.89. The normalized spacial score (nSPS) is 12.5. The van der Waals surface area contributed by atoms with Gasteiger partial charge in [-0.15, -0.1) is 0 Å². The molecule has 0 saturated heterocycles. The average molecular weight is 251 g/mol. The fraction of sp³-hybridized carbons (Fsp3) is 0.118. The first kappa shape index (κ1) is 13.1. The summed E-state index contributed by atoms with van der Waals surface area (Å²) in [6.07, 6.45) is 3.62. The lowest BCUT2D eigenvalue weighted by Crippen LogP contribution is -2.05. The Morgan fingerprint density at radius 2 is 1.58 bits per heavy atom. The summed E-state index contributed by atoms with van der Waals surface area (Å²) in [4.78, 5) is 0. The standard InChI is InChI=1S/C17H17NO/c1-15(12-16-8-4-2-5-9-16)13-18(19)14-17-10-6-3-7-11-17/h2-13H,14H2,1H3/b15-12+,18-13-. The maximum Gasteiger partial charge on any atom is 0.178 e. The largest absolute Gasteiger partial charge is 0.624 e. The number of rotatable bonds is 4. The molecule has 2 nitrogen and oxygen atoms in total. The summed E-state index contributed by atoms with van der Waals surface area (Å²) < 4.78 is 0.962. The number of allylic oxidation sites excluding steroid dienone is 1. The summed E-state index contributed by atoms with van der Waals surface area (Å²) in [5.41, 5.74) is 3.06. The SMILES string of the molecule is CC(/C=[N+](\[O-])Cc1ccccc1)=C\c1ccccc1. The third-order valence-electron chi connectivity index (χ3n) is 2.72. The molecule has 2 aromatic carbocycles. The molecule has 2 heteroatoms. The molecule has 0 saturated carbocycles. The highest BCUT2D eigenvalue weighted by Crippen LogP contribution is 2.05. The molecule has 0 aliphatic heterocycles. The Kier molecular flexibility index (Phi) is 4.51. The molecule has 0 heterocycles. The molecule has 0 fully saturated rings. The Morgan fingerprint density at radius 1 is 1.00 bits per heavy atom. The quantitative estimate of drug-likeness (QED) is 0.350. The minimum absolute atomic E-state index is 0.376. The molecule has 0 radical (unpaired) electrons. The number of hydrogen-bond donors (Lipinski definition) is 0. The lowest BCUT2D eigenvalue weighted by molar-refractivity contribution is -0.469. The summed E-state index contributed by atoms with van der Waals surface area (Å²) in [6.45, 7) is 2.31. The van der Waals surface area contributed by atoms with E-state index in [0.717, 1.165) is 21.4 Å². The molecule has 2 rings (SSSR count). The Balaban J connectivity index is 2.06. The molecule has 19 heavy (non-hydrogen) atoms. The zero-order valence-electron chi connectivity index (χ0n) is 11.0. The molecule has 0 atom stereocenters. The van der Waals surface area contributed by atoms with Gasteiger partial charge >= 0.3 is 0 Å². The minimum Gasteiger partial charge on any atom is -0.624 e. The van der Waals surface area contributed by atoms with E-state index >= 15 is 0 Å². The zero-order chi connectivity index (χ0) is 13.5. The van der Waals surface area contributed by atoms with Crippen molar-refractivity contribution in [2.24, 2.45) is 0 Å². The first-order valence-corrected chi connectivity index (χ1v) is 6.30. The lowest BCUT2D eigenvalue weighted by atomic mass is 10.1. The van der Waals surface area contributed by atoms with Crippen molar-refractivity contribution in [3.8, 4) is 0 Å². The topological polar surface area (TPSA) is 26.1 Å². The molecule has 0 unspecified atom stereocenters. The van der Waals surface area contributed by atoms with Crippen LogP contribution in [0.25, 0.3) is 6.08 Å². The smallest absolute Gasteiger partial charge is 0.178 e. The van der Waals surface area contributed by atoms with Crippen molar-refractivity contribution in [1.29, 1.82) is 0 Å². The van der Waals surface area contributed by atoms with E-state index in [1.807, 2.05) is 73.7 Å². The third-order valence-corrected chi connectivity index (χ3v) is 2.72. The van der Waals surface area contributed by atoms with E-state index < -0.39 is 0 Å². The highest BCUT2D eigenvalue weighted by atomic mass is 16.5. The first-order chi connectivity index (χ1) is 9.24. The molecule has 96 valence electrons. The van der Waals surface area contributed by atoms with E-state index in [0.29, 0.717) is 6.54 Å². The van der Waals surface area contributed by atoms with Crippen LogP contribution in [-0.4, -0.2) is 11.0 Å². The number of hydroxylamine groups is 1. The van der Waals surface area contributed by atoms with Gasteiger partial charge in [0.25, 0.3) is 0 Å². The number of nitrogens with zero attached hydrogens (tertiary/aromatic N) is 1. The van der Waals surface area contributed by atoms with Crippen molar-refractivity contribution in [1.82, 2.24) is 0 Å². The zero-order valence-corrected chi connectivity index (χ0v) is 11.0. The van der Waals surface area contributed by atoms with Crippen molar-refractivity contribution in [3.05, 3.63) is 82.6 Å². The van der Waals surface area contributed by atoms with Crippen molar-refractivity contribution < 1.29 is 4.74 Å². The minimum atomic E-state index is 0.376. The molecule has 0 amide bonds. The molecule has 0 aliphatic rings. The first-order valence-electron chi connectivity index (χ1n) is 6.30. The van der Waals surface area contributed by atoms with E-state index in [1.165, 1.54) is 0 Å². The van der Waals surface area contributed by atoms with Gasteiger partial charge in [0.15, 0.2) is 12.8 Å². The van der Waals surface area contributed by atoms with Crippen LogP contribution in [0, 0.1) is 5.21 Å². The maximum absolute atomic E-state index is 11.8. The Bertz CT molecular complexity index is 571. The Morgan fingerprint density at radius 3 is 2.21 bits per heavy atom. The molecular weight excluding hydrogens is 234 g/mol. The number of benzene rings is 2. The van der Waals surface area contributed by atoms with Crippen LogP contribution in [0.4, 0.5) is 0 Å². The molecule has 0 aliphatic carbocycles. The van der Waals surface area contributed by atoms with Gasteiger partial charge in [-0.05, 0) is 18.6 Å². The van der Waals surface area contributed by atoms with Crippen molar-refractivity contribution in [2.75, 3.05) is 0 Å². The highest BCUT2D eigenvalue weighted by molar-refractivity contribution is 5.81. The van der Waals surface area contributed by atoms with Gasteiger partial charge in [-0.2, -0.15) is 0 Å². The predicted octanol–water partition coefficient (Wildman–Crippen LogP) is 3.87. The average Bonchev–Trinajstić information content (AvgIpc) is 2.40. The molecule has 2 aromatic rings. The van der Waals surface area contributed by atoms with E-state index in [2.05, 4.69) is 0 Å². The van der Waals surface area contributed by atoms with Crippen LogP contribution in [-0.2, 0) is 6.54 Å². The maximum atomic E-state index is 11.8. The number of hydrogen-bond acceptors (Lipinski definition) is 1. The second-order valence-electron chi connectivity index (χ2n) is 4.49. The van der Waals surface area contributed by atoms with Crippen LogP contribution >= 0.6 is 0 Å². The second-order valence-corrected chi connectivity index (χ2v) is 4.49. The predicted molar refractivity (Wildman–Crippen MR) is 79.9 cm³/mol. The van der Waals surface area contributed by atoms with Crippen molar-refractivity contribution in [3.63, 3.8) is 0 Å². The van der Waals surface area contributed by atoms with Crippen LogP contribution < -0.4 is 0 Å².